The number of aromatic carboxylic acids is 1. The molecule has 0 aliphatic heterocycles. The molecular formula is C17H20N2O5. The van der Waals surface area contributed by atoms with Gasteiger partial charge in [-0.3, -0.25) is 4.79 Å². The number of carboxylic acids is 1. The lowest BCUT2D eigenvalue weighted by molar-refractivity contribution is 0.0694. The minimum absolute atomic E-state index is 0.0733. The summed E-state index contributed by atoms with van der Waals surface area (Å²) in [6, 6.07) is 6.05. The molecule has 0 aliphatic carbocycles. The van der Waals surface area contributed by atoms with Gasteiger partial charge in [-0.15, -0.1) is 0 Å². The fourth-order valence-corrected chi connectivity index (χ4v) is 2.31. The molecule has 24 heavy (non-hydrogen) atoms. The summed E-state index contributed by atoms with van der Waals surface area (Å²) in [5, 5.41) is 11.9. The van der Waals surface area contributed by atoms with Crippen LogP contribution in [0.3, 0.4) is 0 Å². The predicted molar refractivity (Wildman–Crippen MR) is 86.1 cm³/mol. The smallest absolute Gasteiger partial charge is 0.337 e. The molecule has 0 radical (unpaired) electrons. The van der Waals surface area contributed by atoms with Gasteiger partial charge in [0.05, 0.1) is 17.3 Å². The number of pyridine rings is 1. The monoisotopic (exact) mass is 332 g/mol. The first kappa shape index (κ1) is 17.7. The fraction of sp³-hybridized carbons (Fsp3) is 0.353. The Morgan fingerprint density at radius 2 is 2.04 bits per heavy atom. The van der Waals surface area contributed by atoms with E-state index >= 15 is 0 Å². The molecular weight excluding hydrogens is 312 g/mol. The second-order valence-corrected chi connectivity index (χ2v) is 5.39. The Kier molecular flexibility index (Phi) is 5.70. The topological polar surface area (TPSA) is 102 Å². The van der Waals surface area contributed by atoms with Crippen LogP contribution < -0.4 is 5.32 Å². The molecule has 7 heteroatoms. The van der Waals surface area contributed by atoms with E-state index in [0.29, 0.717) is 18.8 Å². The average Bonchev–Trinajstić information content (AvgIpc) is 2.97. The number of hydrogen-bond donors (Lipinski definition) is 2. The van der Waals surface area contributed by atoms with E-state index in [4.69, 9.17) is 14.3 Å². The molecule has 0 spiro atoms. The van der Waals surface area contributed by atoms with Crippen molar-refractivity contribution in [3.63, 3.8) is 0 Å². The lowest BCUT2D eigenvalue weighted by atomic mass is 10.1. The van der Waals surface area contributed by atoms with Gasteiger partial charge in [0.2, 0.25) is 0 Å². The van der Waals surface area contributed by atoms with E-state index in [1.54, 1.807) is 14.0 Å². The Bertz CT molecular complexity index is 738. The van der Waals surface area contributed by atoms with E-state index in [2.05, 4.69) is 10.3 Å². The van der Waals surface area contributed by atoms with Crippen molar-refractivity contribution in [1.29, 1.82) is 0 Å². The normalized spacial score (nSPS) is 12.0. The van der Waals surface area contributed by atoms with Gasteiger partial charge in [-0.25, -0.2) is 9.78 Å². The van der Waals surface area contributed by atoms with Crippen LogP contribution in [0.1, 0.15) is 50.5 Å². The van der Waals surface area contributed by atoms with Gasteiger partial charge in [0.25, 0.3) is 5.91 Å². The molecule has 2 heterocycles. The minimum atomic E-state index is -1.07. The third kappa shape index (κ3) is 4.20. The molecule has 7 nitrogen and oxygen atoms in total. The molecule has 2 aromatic heterocycles. The SMILES string of the molecule is COCCC(NC(=O)c1ccc(C(=O)O)c(C)n1)c1ccc(C)o1. The molecule has 1 amide bonds. The van der Waals surface area contributed by atoms with Crippen molar-refractivity contribution in [2.75, 3.05) is 13.7 Å². The highest BCUT2D eigenvalue weighted by atomic mass is 16.5. The van der Waals surface area contributed by atoms with E-state index in [0.717, 1.165) is 5.76 Å². The summed E-state index contributed by atoms with van der Waals surface area (Å²) >= 11 is 0. The Balaban J connectivity index is 2.18. The lowest BCUT2D eigenvalue weighted by Crippen LogP contribution is -2.30. The molecule has 2 N–H and O–H groups in total. The number of hydrogen-bond acceptors (Lipinski definition) is 5. The fourth-order valence-electron chi connectivity index (χ4n) is 2.31. The second kappa shape index (κ2) is 7.74. The van der Waals surface area contributed by atoms with Gasteiger partial charge >= 0.3 is 5.97 Å². The summed E-state index contributed by atoms with van der Waals surface area (Å²) in [7, 11) is 1.59. The molecule has 2 rings (SSSR count). The number of aryl methyl sites for hydroxylation is 2. The number of amides is 1. The number of ether oxygens (including phenoxy) is 1. The maximum atomic E-state index is 12.4. The number of methoxy groups -OCH3 is 1. The lowest BCUT2D eigenvalue weighted by Gasteiger charge is -2.16. The summed E-state index contributed by atoms with van der Waals surface area (Å²) < 4.78 is 10.7. The van der Waals surface area contributed by atoms with Gasteiger partial charge in [-0.05, 0) is 44.5 Å². The second-order valence-electron chi connectivity index (χ2n) is 5.39. The molecule has 1 atom stereocenters. The largest absolute Gasteiger partial charge is 0.478 e. The summed E-state index contributed by atoms with van der Waals surface area (Å²) in [5.41, 5.74) is 0.518. The van der Waals surface area contributed by atoms with Crippen molar-refractivity contribution in [2.24, 2.45) is 0 Å². The highest BCUT2D eigenvalue weighted by Gasteiger charge is 2.20. The molecule has 0 bridgehead atoms. The van der Waals surface area contributed by atoms with E-state index in [1.807, 2.05) is 19.1 Å². The van der Waals surface area contributed by atoms with E-state index in [1.165, 1.54) is 12.1 Å². The van der Waals surface area contributed by atoms with Crippen LogP contribution in [-0.2, 0) is 4.74 Å². The zero-order chi connectivity index (χ0) is 17.7. The Morgan fingerprint density at radius 1 is 1.29 bits per heavy atom. The van der Waals surface area contributed by atoms with Gasteiger partial charge < -0.3 is 19.6 Å². The molecule has 0 saturated heterocycles. The number of aromatic nitrogens is 1. The summed E-state index contributed by atoms with van der Waals surface area (Å²) in [6.07, 6.45) is 0.543. The summed E-state index contributed by atoms with van der Waals surface area (Å²) in [4.78, 5) is 27.5. The van der Waals surface area contributed by atoms with Crippen molar-refractivity contribution < 1.29 is 23.8 Å². The minimum Gasteiger partial charge on any atom is -0.478 e. The number of nitrogens with one attached hydrogen (secondary N) is 1. The van der Waals surface area contributed by atoms with Crippen molar-refractivity contribution in [3.8, 4) is 0 Å². The molecule has 128 valence electrons. The third-order valence-electron chi connectivity index (χ3n) is 3.57. The zero-order valence-electron chi connectivity index (χ0n) is 13.8. The summed E-state index contributed by atoms with van der Waals surface area (Å²) in [6.45, 7) is 3.84. The van der Waals surface area contributed by atoms with Gasteiger partial charge in [-0.2, -0.15) is 0 Å². The summed E-state index contributed by atoms with van der Waals surface area (Å²) in [5.74, 6) is -0.0839. The quantitative estimate of drug-likeness (QED) is 0.808. The molecule has 0 aromatic carbocycles. The number of rotatable bonds is 7. The number of carboxylic acid groups (broad SMARTS) is 1. The first-order valence-electron chi connectivity index (χ1n) is 7.49. The first-order valence-corrected chi connectivity index (χ1v) is 7.49. The first-order chi connectivity index (χ1) is 11.4. The number of carbonyl (C=O) groups is 2. The number of nitrogens with zero attached hydrogens (tertiary/aromatic N) is 1. The van der Waals surface area contributed by atoms with E-state index in [-0.39, 0.29) is 23.0 Å². The van der Waals surface area contributed by atoms with E-state index < -0.39 is 11.9 Å². The zero-order valence-corrected chi connectivity index (χ0v) is 13.8. The standard InChI is InChI=1S/C17H20N2O5/c1-10-4-7-15(24-10)13(8-9-23-3)19-16(20)14-6-5-12(17(21)22)11(2)18-14/h4-7,13H,8-9H2,1-3H3,(H,19,20)(H,21,22). The van der Waals surface area contributed by atoms with Crippen molar-refractivity contribution in [3.05, 3.63) is 52.7 Å². The average molecular weight is 332 g/mol. The maximum absolute atomic E-state index is 12.4. The maximum Gasteiger partial charge on any atom is 0.337 e. The van der Waals surface area contributed by atoms with Crippen molar-refractivity contribution >= 4 is 11.9 Å². The third-order valence-corrected chi connectivity index (χ3v) is 3.57. The van der Waals surface area contributed by atoms with Crippen LogP contribution in [0.25, 0.3) is 0 Å². The van der Waals surface area contributed by atoms with Crippen LogP contribution in [0.5, 0.6) is 0 Å². The van der Waals surface area contributed by atoms with E-state index in [9.17, 15) is 9.59 Å². The Morgan fingerprint density at radius 3 is 2.58 bits per heavy atom. The van der Waals surface area contributed by atoms with Crippen molar-refractivity contribution in [1.82, 2.24) is 10.3 Å². The molecule has 2 aromatic rings. The highest BCUT2D eigenvalue weighted by Crippen LogP contribution is 2.20. The van der Waals surface area contributed by atoms with Gasteiger partial charge in [0.1, 0.15) is 17.2 Å². The van der Waals surface area contributed by atoms with Crippen LogP contribution in [0.15, 0.2) is 28.7 Å². The Labute approximate surface area is 139 Å². The number of carbonyl (C=O) groups excluding carboxylic acids is 1. The van der Waals surface area contributed by atoms with Crippen molar-refractivity contribution in [2.45, 2.75) is 26.3 Å². The van der Waals surface area contributed by atoms with Gasteiger partial charge in [-0.1, -0.05) is 0 Å². The van der Waals surface area contributed by atoms with Crippen LogP contribution >= 0.6 is 0 Å². The molecule has 0 aliphatic rings. The van der Waals surface area contributed by atoms with Gasteiger partial charge in [0, 0.05) is 13.7 Å². The predicted octanol–water partition coefficient (Wildman–Crippen LogP) is 2.50. The highest BCUT2D eigenvalue weighted by molar-refractivity contribution is 5.94. The van der Waals surface area contributed by atoms with Crippen LogP contribution in [0.2, 0.25) is 0 Å². The molecule has 0 saturated carbocycles. The van der Waals surface area contributed by atoms with Crippen LogP contribution in [0, 0.1) is 13.8 Å². The Hall–Kier alpha value is -2.67. The van der Waals surface area contributed by atoms with Crippen LogP contribution in [0.4, 0.5) is 0 Å². The number of furan rings is 1. The van der Waals surface area contributed by atoms with Crippen LogP contribution in [-0.4, -0.2) is 35.7 Å². The molecule has 1 unspecified atom stereocenters. The molecule has 0 fully saturated rings. The van der Waals surface area contributed by atoms with Gasteiger partial charge in [0.15, 0.2) is 0 Å².